The average molecular weight is 411 g/mol. The van der Waals surface area contributed by atoms with Crippen LogP contribution in [0.2, 0.25) is 0 Å². The maximum absolute atomic E-state index is 8.29. The van der Waals surface area contributed by atoms with Gasteiger partial charge in [0.05, 0.1) is 0 Å². The molecule has 0 spiro atoms. The topological polar surface area (TPSA) is 0 Å². The first-order valence-electron chi connectivity index (χ1n) is 12.0. The molecule has 0 N–H and O–H groups in total. The first-order valence-corrected chi connectivity index (χ1v) is 12.5. The Kier molecular flexibility index (Phi) is 5.02. The summed E-state index contributed by atoms with van der Waals surface area (Å²) in [6, 6.07) is 0. The van der Waals surface area contributed by atoms with E-state index in [1.165, 1.54) is 76.0 Å². The first kappa shape index (κ1) is 17.6. The van der Waals surface area contributed by atoms with Gasteiger partial charge in [-0.1, -0.05) is 49.5 Å². The van der Waals surface area contributed by atoms with Gasteiger partial charge in [0.15, 0.2) is 0 Å². The van der Waals surface area contributed by atoms with Gasteiger partial charge in [-0.2, -0.15) is 0 Å². The molecular formula is C24H41Br. The van der Waals surface area contributed by atoms with Gasteiger partial charge in [-0.05, 0) is 111 Å². The van der Waals surface area contributed by atoms with Gasteiger partial charge in [0, 0.05) is 6.70 Å². The number of hydrogen-bond donors (Lipinski definition) is 0. The van der Waals surface area contributed by atoms with E-state index in [0.717, 1.165) is 35.5 Å². The van der Waals surface area contributed by atoms with Crippen molar-refractivity contribution in [3.63, 3.8) is 0 Å². The minimum Gasteiger partial charge on any atom is -0.0928 e. The van der Waals surface area contributed by atoms with Gasteiger partial charge in [-0.15, -0.1) is 0 Å². The number of alkyl halides is 1. The van der Waals surface area contributed by atoms with Crippen LogP contribution in [0.5, 0.6) is 0 Å². The molecule has 4 fully saturated rings. The molecule has 0 aromatic carbocycles. The van der Waals surface area contributed by atoms with E-state index in [1.54, 1.807) is 0 Å². The summed E-state index contributed by atoms with van der Waals surface area (Å²) in [7, 11) is 0. The van der Waals surface area contributed by atoms with Crippen LogP contribution < -0.4 is 0 Å². The standard InChI is InChI=1S/C24H41Br/c1-17(7-6-16-25)20-11-12-21-19-10-9-18-8-4-5-14-23(18,2)22(19)13-15-24(20,21)3/h17-22H,4-16H2,1-3H3/t17?,18-,19-,20?,21-,22-,23-,24+/m0/s1/i4D/t4?,17?,18-,19-,20?,21-,22-,23-,24+. The molecule has 0 nitrogen and oxygen atoms in total. The second-order valence-electron chi connectivity index (χ2n) is 10.8. The minimum absolute atomic E-state index is 0.240. The van der Waals surface area contributed by atoms with Gasteiger partial charge in [0.1, 0.15) is 0 Å². The van der Waals surface area contributed by atoms with Crippen LogP contribution in [-0.4, -0.2) is 5.33 Å². The van der Waals surface area contributed by atoms with Crippen molar-refractivity contribution >= 4 is 15.9 Å². The summed E-state index contributed by atoms with van der Waals surface area (Å²) in [5.74, 6) is 5.73. The molecule has 0 aromatic rings. The third kappa shape index (κ3) is 2.98. The molecule has 1 heteroatoms. The van der Waals surface area contributed by atoms with Crippen LogP contribution in [0.4, 0.5) is 0 Å². The minimum atomic E-state index is 0.240. The van der Waals surface area contributed by atoms with Crippen molar-refractivity contribution in [2.75, 3.05) is 5.33 Å². The Bertz CT molecular complexity index is 506. The Morgan fingerprint density at radius 3 is 2.60 bits per heavy atom. The van der Waals surface area contributed by atoms with E-state index in [0.29, 0.717) is 10.8 Å². The summed E-state index contributed by atoms with van der Waals surface area (Å²) >= 11 is 3.64. The Balaban J connectivity index is 1.52. The smallest absolute Gasteiger partial charge is 0.0267 e. The van der Waals surface area contributed by atoms with Crippen LogP contribution in [-0.2, 0) is 0 Å². The summed E-state index contributed by atoms with van der Waals surface area (Å²) in [5.41, 5.74) is 1.20. The monoisotopic (exact) mass is 409 g/mol. The van der Waals surface area contributed by atoms with Gasteiger partial charge in [0.2, 0.25) is 0 Å². The zero-order valence-electron chi connectivity index (χ0n) is 17.9. The second kappa shape index (κ2) is 7.14. The summed E-state index contributed by atoms with van der Waals surface area (Å²) < 4.78 is 8.29. The third-order valence-corrected chi connectivity index (χ3v) is 10.5. The number of rotatable bonds is 4. The normalized spacial score (nSPS) is 54.2. The van der Waals surface area contributed by atoms with Gasteiger partial charge in [-0.3, -0.25) is 0 Å². The summed E-state index contributed by atoms with van der Waals surface area (Å²) in [4.78, 5) is 0. The van der Waals surface area contributed by atoms with Crippen LogP contribution >= 0.6 is 15.9 Å². The van der Waals surface area contributed by atoms with E-state index < -0.39 is 0 Å². The van der Waals surface area contributed by atoms with E-state index in [-0.39, 0.29) is 6.40 Å². The molecule has 0 saturated heterocycles. The van der Waals surface area contributed by atoms with Gasteiger partial charge >= 0.3 is 0 Å². The van der Waals surface area contributed by atoms with E-state index in [1.807, 2.05) is 0 Å². The van der Waals surface area contributed by atoms with E-state index in [2.05, 4.69) is 36.7 Å². The highest BCUT2D eigenvalue weighted by molar-refractivity contribution is 9.09. The van der Waals surface area contributed by atoms with Gasteiger partial charge in [-0.25, -0.2) is 0 Å². The number of hydrogen-bond acceptors (Lipinski definition) is 0. The molecule has 4 aliphatic rings. The lowest BCUT2D eigenvalue weighted by atomic mass is 9.44. The first-order chi connectivity index (χ1) is 12.4. The molecule has 25 heavy (non-hydrogen) atoms. The third-order valence-electron chi connectivity index (χ3n) is 9.96. The zero-order valence-corrected chi connectivity index (χ0v) is 18.5. The van der Waals surface area contributed by atoms with Crippen LogP contribution in [0.1, 0.15) is 99.2 Å². The molecule has 4 saturated carbocycles. The zero-order chi connectivity index (χ0) is 18.5. The Hall–Kier alpha value is 0.480. The van der Waals surface area contributed by atoms with Crippen molar-refractivity contribution in [1.29, 1.82) is 0 Å². The molecule has 4 rings (SSSR count). The fourth-order valence-corrected chi connectivity index (χ4v) is 8.94. The largest absolute Gasteiger partial charge is 0.0928 e. The molecule has 144 valence electrons. The lowest BCUT2D eigenvalue weighted by Gasteiger charge is -2.61. The second-order valence-corrected chi connectivity index (χ2v) is 11.5. The fraction of sp³-hybridized carbons (Fsp3) is 1.00. The molecular weight excluding hydrogens is 368 g/mol. The van der Waals surface area contributed by atoms with Crippen molar-refractivity contribution in [1.82, 2.24) is 0 Å². The quantitative estimate of drug-likeness (QED) is 0.414. The molecule has 0 aliphatic heterocycles. The number of fused-ring (bicyclic) bond motifs is 5. The maximum Gasteiger partial charge on any atom is 0.0267 e. The van der Waals surface area contributed by atoms with Crippen molar-refractivity contribution in [2.45, 2.75) is 97.8 Å². The van der Waals surface area contributed by atoms with Crippen molar-refractivity contribution < 1.29 is 1.37 Å². The molecule has 0 radical (unpaired) electrons. The highest BCUT2D eigenvalue weighted by atomic mass is 79.9. The van der Waals surface area contributed by atoms with Crippen LogP contribution in [0.25, 0.3) is 0 Å². The Labute approximate surface area is 166 Å². The average Bonchev–Trinajstić information content (AvgIpc) is 2.97. The highest BCUT2D eigenvalue weighted by Gasteiger charge is 2.59. The number of halogens is 1. The summed E-state index contributed by atoms with van der Waals surface area (Å²) in [6.45, 7) is 7.90. The van der Waals surface area contributed by atoms with E-state index in [4.69, 9.17) is 1.37 Å². The molecule has 0 bridgehead atoms. The molecule has 0 aromatic heterocycles. The molecule has 3 unspecified atom stereocenters. The van der Waals surface area contributed by atoms with Crippen molar-refractivity contribution in [3.05, 3.63) is 0 Å². The lowest BCUT2D eigenvalue weighted by molar-refractivity contribution is -0.114. The molecule has 9 atom stereocenters. The van der Waals surface area contributed by atoms with E-state index >= 15 is 0 Å². The Morgan fingerprint density at radius 2 is 1.80 bits per heavy atom. The molecule has 4 aliphatic carbocycles. The predicted octanol–water partition coefficient (Wildman–Crippen LogP) is 7.85. The lowest BCUT2D eigenvalue weighted by Crippen LogP contribution is -2.53. The summed E-state index contributed by atoms with van der Waals surface area (Å²) in [6.07, 6.45) is 15.7. The van der Waals surface area contributed by atoms with Crippen LogP contribution in [0, 0.1) is 46.3 Å². The fourth-order valence-electron chi connectivity index (χ4n) is 8.62. The van der Waals surface area contributed by atoms with Crippen LogP contribution in [0.3, 0.4) is 0 Å². The molecule has 0 heterocycles. The maximum atomic E-state index is 8.29. The Morgan fingerprint density at radius 1 is 1.00 bits per heavy atom. The molecule has 0 amide bonds. The highest BCUT2D eigenvalue weighted by Crippen LogP contribution is 2.68. The van der Waals surface area contributed by atoms with Gasteiger partial charge < -0.3 is 0 Å². The SMILES string of the molecule is [2H]C1CC[C@@]2(C)[C@H](CC[C@@H]3[C@@H]2CC[C@]2(C)C(C(C)CCCBr)CC[C@@H]32)C1. The van der Waals surface area contributed by atoms with Crippen LogP contribution in [0.15, 0.2) is 0 Å². The predicted molar refractivity (Wildman–Crippen MR) is 112 cm³/mol. The van der Waals surface area contributed by atoms with E-state index in [9.17, 15) is 0 Å². The summed E-state index contributed by atoms with van der Waals surface area (Å²) in [5, 5.41) is 1.17. The van der Waals surface area contributed by atoms with Gasteiger partial charge in [0.25, 0.3) is 0 Å². The van der Waals surface area contributed by atoms with Crippen molar-refractivity contribution in [2.24, 2.45) is 46.3 Å². The van der Waals surface area contributed by atoms with Crippen molar-refractivity contribution in [3.8, 4) is 0 Å².